The van der Waals surface area contributed by atoms with Gasteiger partial charge in [0.05, 0.1) is 50.9 Å². The predicted octanol–water partition coefficient (Wildman–Crippen LogP) is 3.66. The average molecular weight is 364 g/mol. The second-order valence-corrected chi connectivity index (χ2v) is 5.82. The van der Waals surface area contributed by atoms with Gasteiger partial charge in [-0.15, -0.1) is 0 Å². The lowest BCUT2D eigenvalue weighted by atomic mass is 10.1. The van der Waals surface area contributed by atoms with Crippen molar-refractivity contribution in [3.63, 3.8) is 0 Å². The van der Waals surface area contributed by atoms with Crippen LogP contribution in [0, 0.1) is 0 Å². The lowest BCUT2D eigenvalue weighted by Gasteiger charge is -2.19. The second-order valence-electron chi connectivity index (χ2n) is 4.77. The molecule has 0 unspecified atom stereocenters. The number of carbonyl (C=O) groups excluding carboxylic acids is 1. The maximum absolute atomic E-state index is 12.3. The fourth-order valence-corrected chi connectivity index (χ4v) is 3.45. The zero-order valence-electron chi connectivity index (χ0n) is 14.7. The highest BCUT2D eigenvalue weighted by Gasteiger charge is 2.26. The molecule has 0 saturated carbocycles. The van der Waals surface area contributed by atoms with Crippen LogP contribution in [-0.4, -0.2) is 41.5 Å². The molecule has 0 saturated heterocycles. The van der Waals surface area contributed by atoms with Gasteiger partial charge in [0.2, 0.25) is 5.75 Å². The molecule has 2 rings (SSSR count). The molecule has 25 heavy (non-hydrogen) atoms. The second kappa shape index (κ2) is 8.53. The third-order valence-corrected chi connectivity index (χ3v) is 4.64. The molecule has 2 aromatic carbocycles. The molecular formula is C18H20O6S. The molecule has 0 radical (unpaired) electrons. The van der Waals surface area contributed by atoms with Crippen LogP contribution in [0.2, 0.25) is 0 Å². The molecule has 0 amide bonds. The minimum atomic E-state index is -0.503. The minimum Gasteiger partial charge on any atom is -0.496 e. The van der Waals surface area contributed by atoms with Crippen LogP contribution in [-0.2, 0) is 4.74 Å². The molecule has 2 aromatic rings. The number of carbonyl (C=O) groups is 1. The molecule has 0 heterocycles. The molecule has 0 bridgehead atoms. The molecule has 0 atom stereocenters. The van der Waals surface area contributed by atoms with Crippen molar-refractivity contribution in [1.29, 1.82) is 0 Å². The first-order valence-corrected chi connectivity index (χ1v) is 8.15. The van der Waals surface area contributed by atoms with Gasteiger partial charge in [-0.1, -0.05) is 23.9 Å². The summed E-state index contributed by atoms with van der Waals surface area (Å²) < 4.78 is 26.5. The minimum absolute atomic E-state index is 0.313. The first-order chi connectivity index (χ1) is 12.1. The zero-order valence-corrected chi connectivity index (χ0v) is 15.6. The fourth-order valence-electron chi connectivity index (χ4n) is 2.31. The number of rotatable bonds is 7. The summed E-state index contributed by atoms with van der Waals surface area (Å²) in [6.07, 6.45) is 0. The molecule has 134 valence electrons. The standard InChI is InChI=1S/C18H20O6S/c1-20-12-8-6-7-9-14(12)25-17-11(18(19)24-5)10-13(21-2)15(22-3)16(17)23-4/h6-10H,1-5H3. The number of hydrogen-bond donors (Lipinski definition) is 0. The quantitative estimate of drug-likeness (QED) is 0.695. The van der Waals surface area contributed by atoms with Crippen molar-refractivity contribution in [2.75, 3.05) is 35.5 Å². The van der Waals surface area contributed by atoms with Gasteiger partial charge in [-0.25, -0.2) is 4.79 Å². The number of benzene rings is 2. The van der Waals surface area contributed by atoms with E-state index in [-0.39, 0.29) is 0 Å². The Bertz CT molecular complexity index is 759. The van der Waals surface area contributed by atoms with Crippen molar-refractivity contribution < 1.29 is 28.5 Å². The maximum Gasteiger partial charge on any atom is 0.339 e. The topological polar surface area (TPSA) is 63.2 Å². The zero-order chi connectivity index (χ0) is 18.4. The van der Waals surface area contributed by atoms with Crippen molar-refractivity contribution in [3.8, 4) is 23.0 Å². The Balaban J connectivity index is 2.70. The third-order valence-electron chi connectivity index (χ3n) is 3.47. The Kier molecular flexibility index (Phi) is 6.41. The Morgan fingerprint density at radius 3 is 2.04 bits per heavy atom. The summed E-state index contributed by atoms with van der Waals surface area (Å²) in [7, 11) is 7.42. The van der Waals surface area contributed by atoms with Crippen LogP contribution in [0.5, 0.6) is 23.0 Å². The van der Waals surface area contributed by atoms with Crippen LogP contribution in [0.1, 0.15) is 10.4 Å². The van der Waals surface area contributed by atoms with Gasteiger partial charge < -0.3 is 23.7 Å². The van der Waals surface area contributed by atoms with E-state index >= 15 is 0 Å². The van der Waals surface area contributed by atoms with Crippen molar-refractivity contribution in [2.24, 2.45) is 0 Å². The number of esters is 1. The van der Waals surface area contributed by atoms with Crippen LogP contribution in [0.3, 0.4) is 0 Å². The Labute approximate surface area is 151 Å². The summed E-state index contributed by atoms with van der Waals surface area (Å²) in [5.74, 6) is 1.34. The van der Waals surface area contributed by atoms with E-state index in [0.717, 1.165) is 4.90 Å². The van der Waals surface area contributed by atoms with Crippen molar-refractivity contribution in [1.82, 2.24) is 0 Å². The monoisotopic (exact) mass is 364 g/mol. The Hall–Kier alpha value is -2.54. The average Bonchev–Trinajstić information content (AvgIpc) is 2.66. The predicted molar refractivity (Wildman–Crippen MR) is 94.6 cm³/mol. The van der Waals surface area contributed by atoms with Crippen molar-refractivity contribution in [2.45, 2.75) is 9.79 Å². The molecule has 0 fully saturated rings. The summed E-state index contributed by atoms with van der Waals surface area (Å²) in [5.41, 5.74) is 0.313. The first kappa shape index (κ1) is 18.8. The number of hydrogen-bond acceptors (Lipinski definition) is 7. The smallest absolute Gasteiger partial charge is 0.339 e. The van der Waals surface area contributed by atoms with Crippen LogP contribution in [0.25, 0.3) is 0 Å². The molecule has 0 spiro atoms. The van der Waals surface area contributed by atoms with E-state index in [2.05, 4.69) is 0 Å². The van der Waals surface area contributed by atoms with Crippen LogP contribution >= 0.6 is 11.8 Å². The van der Waals surface area contributed by atoms with E-state index in [1.54, 1.807) is 13.2 Å². The number of methoxy groups -OCH3 is 5. The lowest BCUT2D eigenvalue weighted by Crippen LogP contribution is -2.07. The maximum atomic E-state index is 12.3. The van der Waals surface area contributed by atoms with E-state index in [0.29, 0.717) is 33.5 Å². The molecule has 7 heteroatoms. The highest BCUT2D eigenvalue weighted by molar-refractivity contribution is 7.99. The number of ether oxygens (including phenoxy) is 5. The summed E-state index contributed by atoms with van der Waals surface area (Å²) in [4.78, 5) is 13.7. The van der Waals surface area contributed by atoms with E-state index in [9.17, 15) is 4.79 Å². The molecule has 0 aliphatic heterocycles. The fraction of sp³-hybridized carbons (Fsp3) is 0.278. The van der Waals surface area contributed by atoms with E-state index in [1.807, 2.05) is 24.3 Å². The van der Waals surface area contributed by atoms with E-state index < -0.39 is 5.97 Å². The molecule has 6 nitrogen and oxygen atoms in total. The van der Waals surface area contributed by atoms with Gasteiger partial charge >= 0.3 is 5.97 Å². The summed E-state index contributed by atoms with van der Waals surface area (Å²) in [6.45, 7) is 0. The highest BCUT2D eigenvalue weighted by Crippen LogP contribution is 2.49. The van der Waals surface area contributed by atoms with Gasteiger partial charge in [-0.2, -0.15) is 0 Å². The van der Waals surface area contributed by atoms with Crippen molar-refractivity contribution in [3.05, 3.63) is 35.9 Å². The molecule has 0 aliphatic carbocycles. The lowest BCUT2D eigenvalue weighted by molar-refractivity contribution is 0.0595. The third kappa shape index (κ3) is 3.76. The molecule has 0 N–H and O–H groups in total. The van der Waals surface area contributed by atoms with Crippen molar-refractivity contribution >= 4 is 17.7 Å². The first-order valence-electron chi connectivity index (χ1n) is 7.33. The van der Waals surface area contributed by atoms with Crippen LogP contribution < -0.4 is 18.9 Å². The van der Waals surface area contributed by atoms with Gasteiger partial charge in [0.1, 0.15) is 5.75 Å². The SMILES string of the molecule is COC(=O)c1cc(OC)c(OC)c(OC)c1Sc1ccccc1OC. The van der Waals surface area contributed by atoms with Gasteiger partial charge in [0.25, 0.3) is 0 Å². The molecular weight excluding hydrogens is 344 g/mol. The number of para-hydroxylation sites is 1. The molecule has 0 aromatic heterocycles. The summed E-state index contributed by atoms with van der Waals surface area (Å²) in [6, 6.07) is 9.06. The summed E-state index contributed by atoms with van der Waals surface area (Å²) >= 11 is 1.32. The largest absolute Gasteiger partial charge is 0.496 e. The summed E-state index contributed by atoms with van der Waals surface area (Å²) in [5, 5.41) is 0. The van der Waals surface area contributed by atoms with Gasteiger partial charge in [0, 0.05) is 0 Å². The van der Waals surface area contributed by atoms with E-state index in [1.165, 1.54) is 40.2 Å². The van der Waals surface area contributed by atoms with Gasteiger partial charge in [-0.3, -0.25) is 0 Å². The molecule has 0 aliphatic rings. The van der Waals surface area contributed by atoms with Gasteiger partial charge in [0.15, 0.2) is 11.5 Å². The highest BCUT2D eigenvalue weighted by atomic mass is 32.2. The van der Waals surface area contributed by atoms with E-state index in [4.69, 9.17) is 23.7 Å². The normalized spacial score (nSPS) is 10.1. The Morgan fingerprint density at radius 2 is 1.48 bits per heavy atom. The Morgan fingerprint density at radius 1 is 0.840 bits per heavy atom. The van der Waals surface area contributed by atoms with Crippen LogP contribution in [0.15, 0.2) is 40.1 Å². The van der Waals surface area contributed by atoms with Crippen LogP contribution in [0.4, 0.5) is 0 Å². The van der Waals surface area contributed by atoms with Gasteiger partial charge in [-0.05, 0) is 18.2 Å².